The summed E-state index contributed by atoms with van der Waals surface area (Å²) in [6, 6.07) is 11.5. The Balaban J connectivity index is 1.93. The maximum Gasteiger partial charge on any atom is 0.319 e. The number of rotatable bonds is 5. The summed E-state index contributed by atoms with van der Waals surface area (Å²) < 4.78 is 37.6. The van der Waals surface area contributed by atoms with Gasteiger partial charge in [-0.15, -0.1) is 0 Å². The third-order valence-electron chi connectivity index (χ3n) is 2.72. The molecule has 0 spiro atoms. The maximum absolute atomic E-state index is 12.8. The summed E-state index contributed by atoms with van der Waals surface area (Å²) in [5.74, 6) is -2.92. The molecular weight excluding hydrogens is 313 g/mol. The average Bonchev–Trinajstić information content (AvgIpc) is 2.48. The monoisotopic (exact) mass is 326 g/mol. The molecule has 2 aromatic carbocycles. The number of thioether (sulfide) groups is 1. The molecule has 0 radical (unpaired) electrons. The molecule has 0 aromatic heterocycles. The zero-order valence-corrected chi connectivity index (χ0v) is 12.2. The van der Waals surface area contributed by atoms with Gasteiger partial charge >= 0.3 is 6.03 Å². The molecule has 2 rings (SSSR count). The van der Waals surface area contributed by atoms with Crippen molar-refractivity contribution in [1.29, 1.82) is 0 Å². The number of benzene rings is 2. The van der Waals surface area contributed by atoms with Gasteiger partial charge in [0.2, 0.25) is 0 Å². The minimum atomic E-state index is -2.56. The van der Waals surface area contributed by atoms with Crippen molar-refractivity contribution in [1.82, 2.24) is 5.32 Å². The van der Waals surface area contributed by atoms with Crippen LogP contribution in [0.25, 0.3) is 0 Å². The van der Waals surface area contributed by atoms with E-state index < -0.39 is 11.8 Å². The van der Waals surface area contributed by atoms with Crippen LogP contribution in [0.1, 0.15) is 5.56 Å². The summed E-state index contributed by atoms with van der Waals surface area (Å²) in [7, 11) is 0. The lowest BCUT2D eigenvalue weighted by Gasteiger charge is -2.11. The van der Waals surface area contributed by atoms with Crippen molar-refractivity contribution in [2.24, 2.45) is 0 Å². The van der Waals surface area contributed by atoms with Gasteiger partial charge in [0.05, 0.1) is 5.69 Å². The average molecular weight is 326 g/mol. The Hall–Kier alpha value is -2.15. The van der Waals surface area contributed by atoms with Crippen LogP contribution in [0.15, 0.2) is 53.4 Å². The molecule has 0 heterocycles. The summed E-state index contributed by atoms with van der Waals surface area (Å²) in [5, 5.41) is 5.10. The molecule has 0 unspecified atom stereocenters. The fraction of sp³-hybridized carbons (Fsp3) is 0.133. The second kappa shape index (κ2) is 7.74. The lowest BCUT2D eigenvalue weighted by Crippen LogP contribution is -2.28. The van der Waals surface area contributed by atoms with Crippen LogP contribution < -0.4 is 10.6 Å². The van der Waals surface area contributed by atoms with E-state index in [2.05, 4.69) is 10.6 Å². The van der Waals surface area contributed by atoms with E-state index in [0.717, 1.165) is 5.56 Å². The van der Waals surface area contributed by atoms with Crippen LogP contribution in [0.5, 0.6) is 0 Å². The molecule has 0 aliphatic carbocycles. The van der Waals surface area contributed by atoms with Crippen molar-refractivity contribution in [3.8, 4) is 0 Å². The van der Waals surface area contributed by atoms with Crippen molar-refractivity contribution in [3.63, 3.8) is 0 Å². The first-order valence-corrected chi connectivity index (χ1v) is 7.25. The molecule has 2 aromatic rings. The van der Waals surface area contributed by atoms with E-state index in [-0.39, 0.29) is 17.3 Å². The number of anilines is 1. The minimum Gasteiger partial charge on any atom is -0.334 e. The van der Waals surface area contributed by atoms with Crippen LogP contribution in [0, 0.1) is 5.82 Å². The van der Waals surface area contributed by atoms with Crippen LogP contribution >= 0.6 is 11.8 Å². The smallest absolute Gasteiger partial charge is 0.319 e. The Labute approximate surface area is 129 Å². The summed E-state index contributed by atoms with van der Waals surface area (Å²) in [6.07, 6.45) is 0. The van der Waals surface area contributed by atoms with Crippen molar-refractivity contribution in [2.75, 3.05) is 5.32 Å². The fourth-order valence-electron chi connectivity index (χ4n) is 1.72. The summed E-state index contributed by atoms with van der Waals surface area (Å²) >= 11 is 0.366. The quantitative estimate of drug-likeness (QED) is 0.796. The van der Waals surface area contributed by atoms with E-state index in [9.17, 15) is 18.0 Å². The summed E-state index contributed by atoms with van der Waals surface area (Å²) in [5.41, 5.74) is 1.04. The number of carbonyl (C=O) groups excluding carboxylic acids is 1. The SMILES string of the molecule is O=C(NCc1ccc(F)cc1)Nc1ccccc1SC(F)F. The number of hydrogen-bond acceptors (Lipinski definition) is 2. The number of urea groups is 1. The van der Waals surface area contributed by atoms with E-state index in [1.165, 1.54) is 18.2 Å². The number of carbonyl (C=O) groups is 1. The molecule has 0 bridgehead atoms. The van der Waals surface area contributed by atoms with Gasteiger partial charge in [-0.25, -0.2) is 9.18 Å². The second-order valence-corrected chi connectivity index (χ2v) is 5.34. The lowest BCUT2D eigenvalue weighted by molar-refractivity contribution is 0.250. The van der Waals surface area contributed by atoms with Crippen LogP contribution in [-0.2, 0) is 6.54 Å². The standard InChI is InChI=1S/C15H13F3N2OS/c16-11-7-5-10(6-8-11)9-19-15(21)20-12-3-1-2-4-13(12)22-14(17)18/h1-8,14H,9H2,(H2,19,20,21). The van der Waals surface area contributed by atoms with Crippen LogP contribution in [0.4, 0.5) is 23.7 Å². The molecule has 0 aliphatic rings. The Morgan fingerprint density at radius 1 is 1.09 bits per heavy atom. The zero-order valence-electron chi connectivity index (χ0n) is 11.4. The first kappa shape index (κ1) is 16.2. The highest BCUT2D eigenvalue weighted by atomic mass is 32.2. The van der Waals surface area contributed by atoms with Crippen molar-refractivity contribution in [2.45, 2.75) is 17.2 Å². The Kier molecular flexibility index (Phi) is 5.71. The zero-order chi connectivity index (χ0) is 15.9. The highest BCUT2D eigenvalue weighted by Crippen LogP contribution is 2.31. The molecule has 116 valence electrons. The predicted molar refractivity (Wildman–Crippen MR) is 80.6 cm³/mol. The van der Waals surface area contributed by atoms with Gasteiger partial charge < -0.3 is 10.6 Å². The van der Waals surface area contributed by atoms with Crippen LogP contribution in [0.3, 0.4) is 0 Å². The number of amides is 2. The normalized spacial score (nSPS) is 10.5. The topological polar surface area (TPSA) is 41.1 Å². The van der Waals surface area contributed by atoms with Gasteiger partial charge in [0.15, 0.2) is 0 Å². The summed E-state index contributed by atoms with van der Waals surface area (Å²) in [6.45, 7) is 0.205. The molecule has 0 fully saturated rings. The van der Waals surface area contributed by atoms with E-state index >= 15 is 0 Å². The van der Waals surface area contributed by atoms with E-state index in [1.807, 2.05) is 0 Å². The third kappa shape index (κ3) is 5.00. The van der Waals surface area contributed by atoms with Gasteiger partial charge in [-0.05, 0) is 29.8 Å². The van der Waals surface area contributed by atoms with E-state index in [0.29, 0.717) is 17.4 Å². The number of alkyl halides is 2. The first-order chi connectivity index (χ1) is 10.5. The van der Waals surface area contributed by atoms with Gasteiger partial charge in [0.25, 0.3) is 5.76 Å². The first-order valence-electron chi connectivity index (χ1n) is 6.38. The molecular formula is C15H13F3N2OS. The number of hydrogen-bond donors (Lipinski definition) is 2. The second-order valence-electron chi connectivity index (χ2n) is 4.31. The molecule has 7 heteroatoms. The molecule has 22 heavy (non-hydrogen) atoms. The van der Waals surface area contributed by atoms with E-state index in [1.54, 1.807) is 30.3 Å². The van der Waals surface area contributed by atoms with Gasteiger partial charge in [-0.2, -0.15) is 8.78 Å². The number of halogens is 3. The molecule has 0 aliphatic heterocycles. The fourth-order valence-corrected chi connectivity index (χ4v) is 2.31. The third-order valence-corrected chi connectivity index (χ3v) is 3.51. The van der Waals surface area contributed by atoms with Crippen LogP contribution in [-0.4, -0.2) is 11.8 Å². The summed E-state index contributed by atoms with van der Waals surface area (Å²) in [4.78, 5) is 12.1. The van der Waals surface area contributed by atoms with Crippen LogP contribution in [0.2, 0.25) is 0 Å². The Morgan fingerprint density at radius 2 is 1.77 bits per heavy atom. The molecule has 0 atom stereocenters. The lowest BCUT2D eigenvalue weighted by atomic mass is 10.2. The van der Waals surface area contributed by atoms with Crippen molar-refractivity contribution >= 4 is 23.5 Å². The maximum atomic E-state index is 12.8. The molecule has 3 nitrogen and oxygen atoms in total. The molecule has 0 saturated heterocycles. The Bertz CT molecular complexity index is 635. The van der Waals surface area contributed by atoms with E-state index in [4.69, 9.17) is 0 Å². The minimum absolute atomic E-state index is 0.205. The largest absolute Gasteiger partial charge is 0.334 e. The molecule has 2 N–H and O–H groups in total. The number of nitrogens with one attached hydrogen (secondary N) is 2. The highest BCUT2D eigenvalue weighted by molar-refractivity contribution is 7.99. The van der Waals surface area contributed by atoms with Gasteiger partial charge in [-0.1, -0.05) is 36.0 Å². The molecule has 0 saturated carbocycles. The van der Waals surface area contributed by atoms with Gasteiger partial charge in [-0.3, -0.25) is 0 Å². The number of para-hydroxylation sites is 1. The van der Waals surface area contributed by atoms with Crippen molar-refractivity contribution < 1.29 is 18.0 Å². The highest BCUT2D eigenvalue weighted by Gasteiger charge is 2.11. The molecule has 2 amide bonds. The Morgan fingerprint density at radius 3 is 2.45 bits per heavy atom. The van der Waals surface area contributed by atoms with Gasteiger partial charge in [0.1, 0.15) is 5.82 Å². The van der Waals surface area contributed by atoms with Crippen molar-refractivity contribution in [3.05, 3.63) is 59.9 Å². The van der Waals surface area contributed by atoms with Gasteiger partial charge in [0, 0.05) is 11.4 Å². The predicted octanol–water partition coefficient (Wildman–Crippen LogP) is 4.46.